The van der Waals surface area contributed by atoms with Crippen LogP contribution in [0, 0.1) is 11.3 Å². The number of aliphatic carboxylic acids is 1. The van der Waals surface area contributed by atoms with E-state index in [0.717, 1.165) is 12.8 Å². The summed E-state index contributed by atoms with van der Waals surface area (Å²) in [6.07, 6.45) is 1.60. The van der Waals surface area contributed by atoms with E-state index in [1.807, 2.05) is 0 Å². The number of urea groups is 1. The maximum Gasteiger partial charge on any atom is 0.329 e. The van der Waals surface area contributed by atoms with Gasteiger partial charge < -0.3 is 21.1 Å². The van der Waals surface area contributed by atoms with Gasteiger partial charge in [-0.15, -0.1) is 0 Å². The highest BCUT2D eigenvalue weighted by Gasteiger charge is 2.48. The van der Waals surface area contributed by atoms with Crippen LogP contribution >= 0.6 is 0 Å². The molecule has 1 saturated carbocycles. The minimum atomic E-state index is -1.25. The van der Waals surface area contributed by atoms with E-state index in [2.05, 4.69) is 16.0 Å². The molecule has 7 heteroatoms. The molecule has 3 amide bonds. The van der Waals surface area contributed by atoms with Crippen molar-refractivity contribution in [2.75, 3.05) is 13.6 Å². The van der Waals surface area contributed by atoms with Crippen molar-refractivity contribution >= 4 is 17.9 Å². The molecule has 0 aromatic carbocycles. The van der Waals surface area contributed by atoms with Crippen molar-refractivity contribution in [1.82, 2.24) is 16.0 Å². The zero-order chi connectivity index (χ0) is 15.6. The SMILES string of the molecule is CNC(=O)C(C)(C)CNC(=O)NC(C)(C(=O)O)C1CC1. The molecule has 1 rings (SSSR count). The third kappa shape index (κ3) is 3.61. The van der Waals surface area contributed by atoms with Crippen LogP contribution < -0.4 is 16.0 Å². The van der Waals surface area contributed by atoms with Crippen LogP contribution in [0.1, 0.15) is 33.6 Å². The summed E-state index contributed by atoms with van der Waals surface area (Å²) in [7, 11) is 1.53. The predicted octanol–water partition coefficient (Wildman–Crippen LogP) is 0.311. The van der Waals surface area contributed by atoms with Gasteiger partial charge in [-0.3, -0.25) is 4.79 Å². The second-order valence-electron chi connectivity index (χ2n) is 6.05. The lowest BCUT2D eigenvalue weighted by Gasteiger charge is -2.28. The minimum absolute atomic E-state index is 0.0299. The molecule has 114 valence electrons. The fourth-order valence-corrected chi connectivity index (χ4v) is 1.99. The number of nitrogens with one attached hydrogen (secondary N) is 3. The van der Waals surface area contributed by atoms with Crippen LogP contribution in [-0.2, 0) is 9.59 Å². The number of hydrogen-bond donors (Lipinski definition) is 4. The molecule has 7 nitrogen and oxygen atoms in total. The standard InChI is InChI=1S/C13H23N3O4/c1-12(2,9(17)14-4)7-15-11(20)16-13(3,10(18)19)8-5-6-8/h8H,5-7H2,1-4H3,(H,14,17)(H,18,19)(H2,15,16,20). The van der Waals surface area contributed by atoms with Gasteiger partial charge in [-0.1, -0.05) is 0 Å². The van der Waals surface area contributed by atoms with Crippen LogP contribution in [0.3, 0.4) is 0 Å². The average molecular weight is 285 g/mol. The van der Waals surface area contributed by atoms with Crippen LogP contribution in [0.5, 0.6) is 0 Å². The Bertz CT molecular complexity index is 418. The number of amides is 3. The number of hydrogen-bond acceptors (Lipinski definition) is 3. The van der Waals surface area contributed by atoms with E-state index in [-0.39, 0.29) is 18.4 Å². The van der Waals surface area contributed by atoms with Gasteiger partial charge in [0.15, 0.2) is 0 Å². The Morgan fingerprint density at radius 3 is 2.15 bits per heavy atom. The molecule has 1 atom stereocenters. The van der Waals surface area contributed by atoms with Crippen molar-refractivity contribution in [3.8, 4) is 0 Å². The molecule has 1 aliphatic rings. The van der Waals surface area contributed by atoms with Crippen LogP contribution in [0.25, 0.3) is 0 Å². The predicted molar refractivity (Wildman–Crippen MR) is 73.1 cm³/mol. The van der Waals surface area contributed by atoms with E-state index in [4.69, 9.17) is 0 Å². The van der Waals surface area contributed by atoms with Gasteiger partial charge in [0.05, 0.1) is 5.41 Å². The molecule has 0 heterocycles. The summed E-state index contributed by atoms with van der Waals surface area (Å²) in [4.78, 5) is 34.7. The smallest absolute Gasteiger partial charge is 0.329 e. The summed E-state index contributed by atoms with van der Waals surface area (Å²) in [5.74, 6) is -1.26. The number of rotatable bonds is 6. The second kappa shape index (κ2) is 5.68. The highest BCUT2D eigenvalue weighted by atomic mass is 16.4. The molecule has 0 aromatic rings. The third-order valence-electron chi connectivity index (χ3n) is 3.74. The van der Waals surface area contributed by atoms with Crippen molar-refractivity contribution in [1.29, 1.82) is 0 Å². The average Bonchev–Trinajstić information content (AvgIpc) is 3.19. The molecular formula is C13H23N3O4. The van der Waals surface area contributed by atoms with Gasteiger partial charge in [-0.05, 0) is 39.5 Å². The number of carbonyl (C=O) groups excluding carboxylic acids is 2. The van der Waals surface area contributed by atoms with E-state index >= 15 is 0 Å². The zero-order valence-electron chi connectivity index (χ0n) is 12.4. The first kappa shape index (κ1) is 16.3. The van der Waals surface area contributed by atoms with Crippen molar-refractivity contribution in [2.45, 2.75) is 39.2 Å². The minimum Gasteiger partial charge on any atom is -0.480 e. The Labute approximate surface area is 118 Å². The molecule has 1 aliphatic carbocycles. The molecule has 0 bridgehead atoms. The van der Waals surface area contributed by atoms with Crippen LogP contribution in [0.15, 0.2) is 0 Å². The van der Waals surface area contributed by atoms with Crippen molar-refractivity contribution < 1.29 is 19.5 Å². The number of carboxylic acid groups (broad SMARTS) is 1. The monoisotopic (exact) mass is 285 g/mol. The highest BCUT2D eigenvalue weighted by molar-refractivity contribution is 5.87. The van der Waals surface area contributed by atoms with E-state index in [9.17, 15) is 19.5 Å². The molecule has 1 fully saturated rings. The summed E-state index contributed by atoms with van der Waals surface area (Å²) in [5, 5.41) is 16.8. The molecule has 20 heavy (non-hydrogen) atoms. The van der Waals surface area contributed by atoms with E-state index in [1.54, 1.807) is 13.8 Å². The lowest BCUT2D eigenvalue weighted by Crippen LogP contribution is -2.58. The highest BCUT2D eigenvalue weighted by Crippen LogP contribution is 2.39. The van der Waals surface area contributed by atoms with Crippen LogP contribution in [-0.4, -0.2) is 42.1 Å². The van der Waals surface area contributed by atoms with Crippen molar-refractivity contribution in [2.24, 2.45) is 11.3 Å². The fraction of sp³-hybridized carbons (Fsp3) is 0.769. The Balaban J connectivity index is 2.55. The first-order valence-electron chi connectivity index (χ1n) is 6.65. The van der Waals surface area contributed by atoms with E-state index in [0.29, 0.717) is 0 Å². The lowest BCUT2D eigenvalue weighted by atomic mass is 9.92. The van der Waals surface area contributed by atoms with Gasteiger partial charge in [0.2, 0.25) is 5.91 Å². The molecular weight excluding hydrogens is 262 g/mol. The van der Waals surface area contributed by atoms with Crippen molar-refractivity contribution in [3.05, 3.63) is 0 Å². The third-order valence-corrected chi connectivity index (χ3v) is 3.74. The zero-order valence-corrected chi connectivity index (χ0v) is 12.4. The van der Waals surface area contributed by atoms with Gasteiger partial charge in [-0.2, -0.15) is 0 Å². The van der Waals surface area contributed by atoms with Crippen molar-refractivity contribution in [3.63, 3.8) is 0 Å². The summed E-state index contributed by atoms with van der Waals surface area (Å²) >= 11 is 0. The maximum atomic E-state index is 11.8. The topological polar surface area (TPSA) is 108 Å². The number of carbonyl (C=O) groups is 3. The largest absolute Gasteiger partial charge is 0.480 e. The normalized spacial score (nSPS) is 17.8. The quantitative estimate of drug-likeness (QED) is 0.563. The first-order chi connectivity index (χ1) is 9.13. The second-order valence-corrected chi connectivity index (χ2v) is 6.05. The Hall–Kier alpha value is -1.79. The van der Waals surface area contributed by atoms with Crippen LogP contribution in [0.2, 0.25) is 0 Å². The summed E-state index contributed by atoms with van der Waals surface area (Å²) in [6, 6.07) is -0.571. The molecule has 0 spiro atoms. The lowest BCUT2D eigenvalue weighted by molar-refractivity contribution is -0.144. The van der Waals surface area contributed by atoms with Gasteiger partial charge in [0, 0.05) is 13.6 Å². The molecule has 0 saturated heterocycles. The first-order valence-corrected chi connectivity index (χ1v) is 6.65. The van der Waals surface area contributed by atoms with Crippen LogP contribution in [0.4, 0.5) is 4.79 Å². The van der Waals surface area contributed by atoms with E-state index in [1.165, 1.54) is 14.0 Å². The Morgan fingerprint density at radius 2 is 1.75 bits per heavy atom. The fourth-order valence-electron chi connectivity index (χ4n) is 1.99. The Kier molecular flexibility index (Phi) is 4.62. The molecule has 0 aliphatic heterocycles. The van der Waals surface area contributed by atoms with Gasteiger partial charge in [0.25, 0.3) is 0 Å². The van der Waals surface area contributed by atoms with E-state index < -0.39 is 23.0 Å². The summed E-state index contributed by atoms with van der Waals surface area (Å²) in [6.45, 7) is 5.03. The van der Waals surface area contributed by atoms with Gasteiger partial charge in [-0.25, -0.2) is 9.59 Å². The van der Waals surface area contributed by atoms with Gasteiger partial charge in [0.1, 0.15) is 5.54 Å². The summed E-state index contributed by atoms with van der Waals surface area (Å²) in [5.41, 5.74) is -2.01. The maximum absolute atomic E-state index is 11.8. The molecule has 0 radical (unpaired) electrons. The molecule has 0 aromatic heterocycles. The summed E-state index contributed by atoms with van der Waals surface area (Å²) < 4.78 is 0. The van der Waals surface area contributed by atoms with Gasteiger partial charge >= 0.3 is 12.0 Å². The molecule has 4 N–H and O–H groups in total. The Morgan fingerprint density at radius 1 is 1.20 bits per heavy atom. The number of carboxylic acids is 1. The molecule has 1 unspecified atom stereocenters.